The van der Waals surface area contributed by atoms with Crippen molar-refractivity contribution in [1.82, 2.24) is 4.98 Å². The van der Waals surface area contributed by atoms with Crippen molar-refractivity contribution < 1.29 is 0 Å². The van der Waals surface area contributed by atoms with Crippen LogP contribution in [0.1, 0.15) is 37.3 Å². The summed E-state index contributed by atoms with van der Waals surface area (Å²) >= 11 is 1.69. The summed E-state index contributed by atoms with van der Waals surface area (Å²) in [5.74, 6) is 0. The molecule has 1 heterocycles. The molecule has 0 amide bonds. The van der Waals surface area contributed by atoms with Crippen molar-refractivity contribution in [2.45, 2.75) is 44.6 Å². The molecule has 19 heavy (non-hydrogen) atoms. The Labute approximate surface area is 119 Å². The monoisotopic (exact) mass is 274 g/mol. The van der Waals surface area contributed by atoms with E-state index >= 15 is 0 Å². The van der Waals surface area contributed by atoms with Crippen molar-refractivity contribution >= 4 is 11.3 Å². The Bertz CT molecular complexity index is 475. The molecule has 0 saturated carbocycles. The lowest BCUT2D eigenvalue weighted by molar-refractivity contribution is 0.315. The summed E-state index contributed by atoms with van der Waals surface area (Å²) in [4.78, 5) is 4.37. The quantitative estimate of drug-likeness (QED) is 0.871. The van der Waals surface area contributed by atoms with Crippen LogP contribution in [0.3, 0.4) is 0 Å². The number of hydrogen-bond acceptors (Lipinski definition) is 3. The van der Waals surface area contributed by atoms with Gasteiger partial charge in [-0.2, -0.15) is 0 Å². The van der Waals surface area contributed by atoms with Gasteiger partial charge in [0.2, 0.25) is 0 Å². The maximum absolute atomic E-state index is 6.56. The second kappa shape index (κ2) is 6.31. The van der Waals surface area contributed by atoms with Crippen LogP contribution < -0.4 is 5.73 Å². The van der Waals surface area contributed by atoms with Gasteiger partial charge in [0.15, 0.2) is 0 Å². The molecule has 2 N–H and O–H groups in total. The summed E-state index contributed by atoms with van der Waals surface area (Å²) in [6.07, 6.45) is 4.82. The van der Waals surface area contributed by atoms with Crippen LogP contribution in [-0.4, -0.2) is 11.0 Å². The van der Waals surface area contributed by atoms with Crippen LogP contribution in [-0.2, 0) is 11.8 Å². The van der Waals surface area contributed by atoms with Crippen molar-refractivity contribution in [2.24, 2.45) is 5.73 Å². The van der Waals surface area contributed by atoms with Crippen LogP contribution in [0, 0.1) is 0 Å². The Morgan fingerprint density at radius 3 is 2.42 bits per heavy atom. The molecule has 2 nitrogen and oxygen atoms in total. The number of hydrogen-bond donors (Lipinski definition) is 1. The molecule has 0 saturated heterocycles. The summed E-state index contributed by atoms with van der Waals surface area (Å²) in [5.41, 5.74) is 7.96. The first-order valence-corrected chi connectivity index (χ1v) is 7.80. The third kappa shape index (κ3) is 2.88. The van der Waals surface area contributed by atoms with Crippen molar-refractivity contribution in [3.05, 3.63) is 52.5 Å². The van der Waals surface area contributed by atoms with Gasteiger partial charge in [-0.3, -0.25) is 0 Å². The topological polar surface area (TPSA) is 38.9 Å². The third-order valence-corrected chi connectivity index (χ3v) is 5.00. The summed E-state index contributed by atoms with van der Waals surface area (Å²) in [6, 6.07) is 10.8. The van der Waals surface area contributed by atoms with E-state index in [-0.39, 0.29) is 11.5 Å². The lowest BCUT2D eigenvalue weighted by atomic mass is 9.69. The summed E-state index contributed by atoms with van der Waals surface area (Å²) < 4.78 is 0. The zero-order valence-electron chi connectivity index (χ0n) is 11.7. The third-order valence-electron chi connectivity index (χ3n) is 4.20. The summed E-state index contributed by atoms with van der Waals surface area (Å²) in [7, 11) is 0. The van der Waals surface area contributed by atoms with Gasteiger partial charge in [0.1, 0.15) is 0 Å². The van der Waals surface area contributed by atoms with Crippen LogP contribution in [0.5, 0.6) is 0 Å². The predicted molar refractivity (Wildman–Crippen MR) is 82.5 cm³/mol. The van der Waals surface area contributed by atoms with Gasteiger partial charge in [0.25, 0.3) is 0 Å². The van der Waals surface area contributed by atoms with Gasteiger partial charge in [-0.25, -0.2) is 4.98 Å². The van der Waals surface area contributed by atoms with E-state index in [4.69, 9.17) is 5.73 Å². The number of thiazole rings is 1. The van der Waals surface area contributed by atoms with Crippen LogP contribution in [0.4, 0.5) is 0 Å². The second-order valence-corrected chi connectivity index (χ2v) is 5.94. The van der Waals surface area contributed by atoms with E-state index in [9.17, 15) is 0 Å². The van der Waals surface area contributed by atoms with E-state index in [1.165, 1.54) is 5.56 Å². The van der Waals surface area contributed by atoms with Gasteiger partial charge < -0.3 is 5.73 Å². The maximum Gasteiger partial charge on any atom is 0.0940 e. The van der Waals surface area contributed by atoms with Gasteiger partial charge in [0, 0.05) is 29.5 Å². The van der Waals surface area contributed by atoms with E-state index in [0.29, 0.717) is 0 Å². The number of rotatable bonds is 6. The molecule has 1 aromatic carbocycles. The van der Waals surface area contributed by atoms with Crippen LogP contribution in [0.25, 0.3) is 0 Å². The number of aromatic nitrogens is 1. The number of nitrogens with two attached hydrogens (primary N) is 1. The molecular formula is C16H22N2S. The minimum absolute atomic E-state index is 0.0485. The molecule has 1 atom stereocenters. The normalized spacial score (nSPS) is 13.4. The zero-order chi connectivity index (χ0) is 13.7. The molecule has 2 aromatic rings. The highest BCUT2D eigenvalue weighted by atomic mass is 32.1. The van der Waals surface area contributed by atoms with Crippen molar-refractivity contribution in [1.29, 1.82) is 0 Å². The van der Waals surface area contributed by atoms with E-state index in [1.54, 1.807) is 11.3 Å². The minimum atomic E-state index is 0.0485. The molecule has 0 spiro atoms. The van der Waals surface area contributed by atoms with Gasteiger partial charge >= 0.3 is 0 Å². The van der Waals surface area contributed by atoms with Gasteiger partial charge in [-0.15, -0.1) is 11.3 Å². The number of benzene rings is 1. The number of nitrogens with zero attached hydrogens (tertiary/aromatic N) is 1. The highest BCUT2D eigenvalue weighted by Crippen LogP contribution is 2.35. The molecule has 2 rings (SSSR count). The molecule has 0 fully saturated rings. The molecule has 0 aliphatic rings. The van der Waals surface area contributed by atoms with E-state index < -0.39 is 0 Å². The fourth-order valence-corrected chi connectivity index (χ4v) is 3.58. The van der Waals surface area contributed by atoms with Crippen LogP contribution >= 0.6 is 11.3 Å². The summed E-state index contributed by atoms with van der Waals surface area (Å²) in [6.45, 7) is 4.47. The Balaban J connectivity index is 2.28. The Kier molecular flexibility index (Phi) is 4.72. The minimum Gasteiger partial charge on any atom is -0.327 e. The zero-order valence-corrected chi connectivity index (χ0v) is 12.5. The molecular weight excluding hydrogens is 252 g/mol. The van der Waals surface area contributed by atoms with Crippen molar-refractivity contribution in [3.63, 3.8) is 0 Å². The molecule has 102 valence electrons. The highest BCUT2D eigenvalue weighted by Gasteiger charge is 2.35. The van der Waals surface area contributed by atoms with E-state index in [0.717, 1.165) is 24.3 Å². The fraction of sp³-hybridized carbons (Fsp3) is 0.438. The lowest BCUT2D eigenvalue weighted by Crippen LogP contribution is -2.46. The molecule has 0 aliphatic carbocycles. The largest absolute Gasteiger partial charge is 0.327 e. The molecule has 3 heteroatoms. The maximum atomic E-state index is 6.56. The van der Waals surface area contributed by atoms with E-state index in [2.05, 4.69) is 49.2 Å². The molecule has 0 radical (unpaired) electrons. The Morgan fingerprint density at radius 2 is 1.89 bits per heavy atom. The average molecular weight is 274 g/mol. The molecule has 1 unspecified atom stereocenters. The van der Waals surface area contributed by atoms with Gasteiger partial charge in [0.05, 0.1) is 5.01 Å². The Hall–Kier alpha value is -1.19. The molecule has 0 aliphatic heterocycles. The van der Waals surface area contributed by atoms with Gasteiger partial charge in [-0.05, 0) is 18.4 Å². The SMILES string of the molecule is CCC(CC)(c1ccccc1)C(N)Cc1nccs1. The smallest absolute Gasteiger partial charge is 0.0940 e. The first-order valence-electron chi connectivity index (χ1n) is 6.92. The molecule has 1 aromatic heterocycles. The van der Waals surface area contributed by atoms with Crippen molar-refractivity contribution in [2.75, 3.05) is 0 Å². The molecule has 0 bridgehead atoms. The second-order valence-electron chi connectivity index (χ2n) is 4.97. The average Bonchev–Trinajstić information content (AvgIpc) is 2.95. The van der Waals surface area contributed by atoms with E-state index in [1.807, 2.05) is 11.6 Å². The van der Waals surface area contributed by atoms with Crippen LogP contribution in [0.2, 0.25) is 0 Å². The standard InChI is InChI=1S/C16H22N2S/c1-3-16(4-2,13-8-6-5-7-9-13)14(17)12-15-18-10-11-19-15/h5-11,14H,3-4,12,17H2,1-2H3. The first kappa shape index (κ1) is 14.2. The van der Waals surface area contributed by atoms with Gasteiger partial charge in [-0.1, -0.05) is 44.2 Å². The van der Waals surface area contributed by atoms with Crippen molar-refractivity contribution in [3.8, 4) is 0 Å². The highest BCUT2D eigenvalue weighted by molar-refractivity contribution is 7.09. The predicted octanol–water partition coefficient (Wildman–Crippen LogP) is 3.77. The first-order chi connectivity index (χ1) is 9.23. The summed E-state index contributed by atoms with van der Waals surface area (Å²) in [5, 5.41) is 3.15. The Morgan fingerprint density at radius 1 is 1.21 bits per heavy atom. The van der Waals surface area contributed by atoms with Crippen LogP contribution in [0.15, 0.2) is 41.9 Å². The lowest BCUT2D eigenvalue weighted by Gasteiger charge is -2.38. The fourth-order valence-electron chi connectivity index (χ4n) is 2.90.